The van der Waals surface area contributed by atoms with Gasteiger partial charge in [-0.2, -0.15) is 0 Å². The van der Waals surface area contributed by atoms with Gasteiger partial charge in [-0.15, -0.1) is 0 Å². The molecule has 2 saturated heterocycles. The van der Waals surface area contributed by atoms with Crippen molar-refractivity contribution >= 4 is 17.6 Å². The number of ether oxygens (including phenoxy) is 1. The van der Waals surface area contributed by atoms with Gasteiger partial charge in [0.05, 0.1) is 18.2 Å². The van der Waals surface area contributed by atoms with Crippen molar-refractivity contribution < 1.29 is 14.3 Å². The molecule has 8 heteroatoms. The number of fused-ring (bicyclic) bond motifs is 2. The van der Waals surface area contributed by atoms with E-state index in [2.05, 4.69) is 34.3 Å². The van der Waals surface area contributed by atoms with E-state index in [1.54, 1.807) is 6.20 Å². The van der Waals surface area contributed by atoms with Crippen LogP contribution in [0.3, 0.4) is 0 Å². The van der Waals surface area contributed by atoms with Crippen LogP contribution < -0.4 is 20.3 Å². The van der Waals surface area contributed by atoms with Crippen molar-refractivity contribution in [2.45, 2.75) is 77.0 Å². The quantitative estimate of drug-likeness (QED) is 0.612. The minimum Gasteiger partial charge on any atom is -0.493 e. The summed E-state index contributed by atoms with van der Waals surface area (Å²) in [5.41, 5.74) is 3.46. The van der Waals surface area contributed by atoms with Gasteiger partial charge < -0.3 is 20.3 Å². The summed E-state index contributed by atoms with van der Waals surface area (Å²) in [7, 11) is 0. The highest BCUT2D eigenvalue weighted by atomic mass is 16.5. The van der Waals surface area contributed by atoms with Crippen LogP contribution in [-0.2, 0) is 6.42 Å². The second-order valence-corrected chi connectivity index (χ2v) is 11.8. The molecule has 3 fully saturated rings. The molecule has 1 aromatic heterocycles. The van der Waals surface area contributed by atoms with Crippen molar-refractivity contribution in [3.05, 3.63) is 52.7 Å². The second-order valence-electron chi connectivity index (χ2n) is 11.8. The van der Waals surface area contributed by atoms with E-state index in [1.807, 2.05) is 31.2 Å². The number of hydrogen-bond donors (Lipinski definition) is 2. The molecule has 1 aromatic carbocycles. The zero-order chi connectivity index (χ0) is 26.4. The minimum atomic E-state index is -0.0510. The number of hydrogen-bond acceptors (Lipinski definition) is 6. The average molecular weight is 518 g/mol. The third-order valence-corrected chi connectivity index (χ3v) is 9.00. The van der Waals surface area contributed by atoms with E-state index in [0.29, 0.717) is 35.7 Å². The summed E-state index contributed by atoms with van der Waals surface area (Å²) in [6.07, 6.45) is 6.81. The van der Waals surface area contributed by atoms with E-state index in [9.17, 15) is 9.59 Å². The van der Waals surface area contributed by atoms with Crippen LogP contribution in [0.15, 0.2) is 30.5 Å². The van der Waals surface area contributed by atoms with Crippen molar-refractivity contribution in [3.8, 4) is 5.75 Å². The standard InChI is InChI=1S/C30H39N5O3/c1-18(2)34-16-24(17-34)33-29(36)22-7-9-27(31-15-22)35-11-4-5-21-13-23(14-26(21)35)32-30(37)25-8-6-20-10-12-38-28(20)19(25)3/h6-9,15,18,21,23-24,26H,4-5,10-14,16-17H2,1-3H3,(H,32,37)(H,33,36). The van der Waals surface area contributed by atoms with Gasteiger partial charge in [0.15, 0.2) is 0 Å². The zero-order valence-electron chi connectivity index (χ0n) is 22.7. The number of carbonyl (C=O) groups is 2. The maximum atomic E-state index is 13.2. The molecule has 0 radical (unpaired) electrons. The number of nitrogens with one attached hydrogen (secondary N) is 2. The van der Waals surface area contributed by atoms with E-state index in [4.69, 9.17) is 9.72 Å². The van der Waals surface area contributed by atoms with Crippen LogP contribution in [0.25, 0.3) is 0 Å². The van der Waals surface area contributed by atoms with Gasteiger partial charge in [0, 0.05) is 61.5 Å². The topological polar surface area (TPSA) is 86.8 Å². The van der Waals surface area contributed by atoms with E-state index in [0.717, 1.165) is 62.4 Å². The van der Waals surface area contributed by atoms with Gasteiger partial charge >= 0.3 is 0 Å². The molecule has 3 atom stereocenters. The minimum absolute atomic E-state index is 0.00698. The van der Waals surface area contributed by atoms with Crippen molar-refractivity contribution in [2.24, 2.45) is 5.92 Å². The van der Waals surface area contributed by atoms with Gasteiger partial charge in [-0.25, -0.2) is 4.98 Å². The van der Waals surface area contributed by atoms with Crippen molar-refractivity contribution in [1.29, 1.82) is 0 Å². The van der Waals surface area contributed by atoms with Crippen LogP contribution >= 0.6 is 0 Å². The lowest BCUT2D eigenvalue weighted by atomic mass is 9.92. The SMILES string of the molecule is Cc1c(C(=O)NC2CC3CCCN(c4ccc(C(=O)NC5CN(C(C)C)C5)cn4)C3C2)ccc2c1OCC2. The number of anilines is 1. The summed E-state index contributed by atoms with van der Waals surface area (Å²) < 4.78 is 5.77. The van der Waals surface area contributed by atoms with Crippen LogP contribution in [0.1, 0.15) is 71.4 Å². The van der Waals surface area contributed by atoms with Crippen molar-refractivity contribution in [3.63, 3.8) is 0 Å². The molecule has 2 N–H and O–H groups in total. The lowest BCUT2D eigenvalue weighted by molar-refractivity contribution is 0.0713. The Balaban J connectivity index is 1.07. The number of amides is 2. The monoisotopic (exact) mass is 517 g/mol. The maximum Gasteiger partial charge on any atom is 0.253 e. The predicted octanol–water partition coefficient (Wildman–Crippen LogP) is 3.32. The molecule has 38 heavy (non-hydrogen) atoms. The van der Waals surface area contributed by atoms with Crippen molar-refractivity contribution in [2.75, 3.05) is 31.1 Å². The smallest absolute Gasteiger partial charge is 0.253 e. The van der Waals surface area contributed by atoms with Crippen LogP contribution in [0.4, 0.5) is 5.82 Å². The highest BCUT2D eigenvalue weighted by Gasteiger charge is 2.41. The van der Waals surface area contributed by atoms with Crippen LogP contribution in [0.5, 0.6) is 5.75 Å². The molecular weight excluding hydrogens is 478 g/mol. The predicted molar refractivity (Wildman–Crippen MR) is 147 cm³/mol. The molecule has 8 nitrogen and oxygen atoms in total. The molecular formula is C30H39N5O3. The number of rotatable bonds is 6. The number of carbonyl (C=O) groups excluding carboxylic acids is 2. The average Bonchev–Trinajstić information content (AvgIpc) is 3.52. The Morgan fingerprint density at radius 1 is 1.05 bits per heavy atom. The highest BCUT2D eigenvalue weighted by molar-refractivity contribution is 5.97. The van der Waals surface area contributed by atoms with Crippen LogP contribution in [0.2, 0.25) is 0 Å². The summed E-state index contributed by atoms with van der Waals surface area (Å²) in [5, 5.41) is 6.45. The number of aromatic nitrogens is 1. The van der Waals surface area contributed by atoms with Gasteiger partial charge in [0.1, 0.15) is 11.6 Å². The summed E-state index contributed by atoms with van der Waals surface area (Å²) >= 11 is 0. The third kappa shape index (κ3) is 4.75. The number of benzene rings is 1. The molecule has 202 valence electrons. The van der Waals surface area contributed by atoms with E-state index < -0.39 is 0 Å². The summed E-state index contributed by atoms with van der Waals surface area (Å²) in [6.45, 7) is 9.80. The van der Waals surface area contributed by atoms with Crippen LogP contribution in [-0.4, -0.2) is 72.1 Å². The lowest BCUT2D eigenvalue weighted by Gasteiger charge is -2.42. The lowest BCUT2D eigenvalue weighted by Crippen LogP contribution is -2.61. The Morgan fingerprint density at radius 2 is 1.87 bits per heavy atom. The van der Waals surface area contributed by atoms with Gasteiger partial charge in [0.2, 0.25) is 0 Å². The summed E-state index contributed by atoms with van der Waals surface area (Å²) in [5.74, 6) is 2.28. The molecule has 1 saturated carbocycles. The number of pyridine rings is 1. The third-order valence-electron chi connectivity index (χ3n) is 9.00. The molecule has 3 aliphatic heterocycles. The Bertz CT molecular complexity index is 1210. The first kappa shape index (κ1) is 25.2. The molecule has 2 amide bonds. The highest BCUT2D eigenvalue weighted by Crippen LogP contribution is 2.39. The first-order valence-corrected chi connectivity index (χ1v) is 14.2. The molecule has 6 rings (SSSR count). The van der Waals surface area contributed by atoms with Gasteiger partial charge in [-0.1, -0.05) is 6.07 Å². The molecule has 2 aromatic rings. The second kappa shape index (κ2) is 10.2. The van der Waals surface area contributed by atoms with E-state index >= 15 is 0 Å². The first-order chi connectivity index (χ1) is 18.4. The molecule has 4 heterocycles. The normalized spacial score (nSPS) is 24.9. The van der Waals surface area contributed by atoms with E-state index in [-0.39, 0.29) is 23.9 Å². The zero-order valence-corrected chi connectivity index (χ0v) is 22.7. The molecule has 0 spiro atoms. The van der Waals surface area contributed by atoms with Crippen molar-refractivity contribution in [1.82, 2.24) is 20.5 Å². The Labute approximate surface area is 225 Å². The van der Waals surface area contributed by atoms with Gasteiger partial charge in [-0.3, -0.25) is 14.5 Å². The maximum absolute atomic E-state index is 13.2. The molecule has 1 aliphatic carbocycles. The van der Waals surface area contributed by atoms with E-state index in [1.165, 1.54) is 12.0 Å². The largest absolute Gasteiger partial charge is 0.493 e. The number of nitrogens with zero attached hydrogens (tertiary/aromatic N) is 3. The Hall–Kier alpha value is -3.13. The fraction of sp³-hybridized carbons (Fsp3) is 0.567. The fourth-order valence-electron chi connectivity index (χ4n) is 6.79. The van der Waals surface area contributed by atoms with Gasteiger partial charge in [0.25, 0.3) is 11.8 Å². The summed E-state index contributed by atoms with van der Waals surface area (Å²) in [4.78, 5) is 35.4. The molecule has 4 aliphatic rings. The number of likely N-dealkylation sites (tertiary alicyclic amines) is 1. The fourth-order valence-corrected chi connectivity index (χ4v) is 6.79. The summed E-state index contributed by atoms with van der Waals surface area (Å²) in [6, 6.07) is 9.07. The Morgan fingerprint density at radius 3 is 2.63 bits per heavy atom. The Kier molecular flexibility index (Phi) is 6.76. The molecule has 0 bridgehead atoms. The van der Waals surface area contributed by atoms with Crippen LogP contribution in [0, 0.1) is 12.8 Å². The first-order valence-electron chi connectivity index (χ1n) is 14.2. The number of piperidine rings is 1. The van der Waals surface area contributed by atoms with Gasteiger partial charge in [-0.05, 0) is 76.1 Å². The molecule has 3 unspecified atom stereocenters.